The molecule has 0 spiro atoms. The maximum absolute atomic E-state index is 11.3. The molecule has 1 atom stereocenters. The Balaban J connectivity index is 0.000000829. The number of carbonyl (C=O) groups excluding carboxylic acids is 1. The van der Waals surface area contributed by atoms with Gasteiger partial charge in [0.25, 0.3) is 0 Å². The van der Waals surface area contributed by atoms with Gasteiger partial charge < -0.3 is 15.3 Å². The lowest BCUT2D eigenvalue weighted by Gasteiger charge is -2.33. The quantitative estimate of drug-likeness (QED) is 0.831. The van der Waals surface area contributed by atoms with Crippen LogP contribution in [0.15, 0.2) is 24.3 Å². The van der Waals surface area contributed by atoms with E-state index in [1.807, 2.05) is 44.7 Å². The summed E-state index contributed by atoms with van der Waals surface area (Å²) in [7, 11) is 0. The average Bonchev–Trinajstić information content (AvgIpc) is 2.52. The maximum atomic E-state index is 11.3. The van der Waals surface area contributed by atoms with Gasteiger partial charge in [0.15, 0.2) is 0 Å². The van der Waals surface area contributed by atoms with E-state index in [4.69, 9.17) is 0 Å². The normalized spacial score (nSPS) is 17.2. The Labute approximate surface area is 122 Å². The standard InChI is InChI=1S/C12H16N2O2.2C2H6/c1-9(15)14-7-6-13-12(8-14)10-2-4-11(16)5-3-10;2*1-2/h2-5,12-13,16H,6-8H2,1H3;2*1-2H3. The molecule has 0 aliphatic carbocycles. The molecule has 0 bridgehead atoms. The Morgan fingerprint density at radius 1 is 1.20 bits per heavy atom. The summed E-state index contributed by atoms with van der Waals surface area (Å²) in [5.41, 5.74) is 1.10. The van der Waals surface area contributed by atoms with E-state index in [1.54, 1.807) is 19.1 Å². The molecule has 0 aromatic heterocycles. The first-order valence-electron chi connectivity index (χ1n) is 7.44. The first-order chi connectivity index (χ1) is 9.66. The van der Waals surface area contributed by atoms with E-state index in [9.17, 15) is 9.90 Å². The van der Waals surface area contributed by atoms with Crippen LogP contribution in [0.25, 0.3) is 0 Å². The van der Waals surface area contributed by atoms with E-state index in [0.29, 0.717) is 6.54 Å². The van der Waals surface area contributed by atoms with Crippen LogP contribution in [0.5, 0.6) is 5.75 Å². The number of nitrogens with one attached hydrogen (secondary N) is 1. The van der Waals surface area contributed by atoms with Gasteiger partial charge >= 0.3 is 0 Å². The molecule has 1 aliphatic heterocycles. The number of benzene rings is 1. The number of phenols is 1. The number of piperazine rings is 1. The molecule has 1 unspecified atom stereocenters. The van der Waals surface area contributed by atoms with Crippen molar-refractivity contribution in [2.45, 2.75) is 40.7 Å². The fraction of sp³-hybridized carbons (Fsp3) is 0.562. The van der Waals surface area contributed by atoms with Crippen LogP contribution in [0.4, 0.5) is 0 Å². The van der Waals surface area contributed by atoms with Crippen LogP contribution >= 0.6 is 0 Å². The Morgan fingerprint density at radius 3 is 2.25 bits per heavy atom. The van der Waals surface area contributed by atoms with E-state index in [1.165, 1.54) is 0 Å². The van der Waals surface area contributed by atoms with E-state index >= 15 is 0 Å². The monoisotopic (exact) mass is 280 g/mol. The second-order valence-corrected chi connectivity index (χ2v) is 4.06. The molecule has 4 nitrogen and oxygen atoms in total. The Hall–Kier alpha value is -1.55. The van der Waals surface area contributed by atoms with Crippen LogP contribution in [-0.4, -0.2) is 35.5 Å². The lowest BCUT2D eigenvalue weighted by molar-refractivity contribution is -0.130. The van der Waals surface area contributed by atoms with E-state index in [0.717, 1.165) is 18.7 Å². The number of phenolic OH excluding ortho intramolecular Hbond substituents is 1. The van der Waals surface area contributed by atoms with Crippen molar-refractivity contribution >= 4 is 5.91 Å². The first kappa shape index (κ1) is 18.4. The third-order valence-corrected chi connectivity index (χ3v) is 2.92. The fourth-order valence-electron chi connectivity index (χ4n) is 1.97. The van der Waals surface area contributed by atoms with Crippen molar-refractivity contribution in [3.8, 4) is 5.75 Å². The van der Waals surface area contributed by atoms with Crippen molar-refractivity contribution in [2.75, 3.05) is 19.6 Å². The average molecular weight is 280 g/mol. The summed E-state index contributed by atoms with van der Waals surface area (Å²) in [5, 5.41) is 12.6. The number of rotatable bonds is 1. The number of amides is 1. The van der Waals surface area contributed by atoms with Gasteiger partial charge in [-0.3, -0.25) is 4.79 Å². The zero-order chi connectivity index (χ0) is 15.5. The molecular weight excluding hydrogens is 252 g/mol. The van der Waals surface area contributed by atoms with Gasteiger partial charge in [0.05, 0.1) is 0 Å². The van der Waals surface area contributed by atoms with Gasteiger partial charge in [-0.1, -0.05) is 39.8 Å². The Morgan fingerprint density at radius 2 is 1.75 bits per heavy atom. The van der Waals surface area contributed by atoms with Gasteiger partial charge in [-0.15, -0.1) is 0 Å². The molecule has 1 aromatic rings. The third-order valence-electron chi connectivity index (χ3n) is 2.92. The topological polar surface area (TPSA) is 52.6 Å². The predicted octanol–water partition coefficient (Wildman–Crippen LogP) is 2.94. The summed E-state index contributed by atoms with van der Waals surface area (Å²) in [5.74, 6) is 0.383. The van der Waals surface area contributed by atoms with Gasteiger partial charge in [-0.05, 0) is 17.7 Å². The lowest BCUT2D eigenvalue weighted by atomic mass is 10.0. The SMILES string of the molecule is CC.CC.CC(=O)N1CCNC(c2ccc(O)cc2)C1. The largest absolute Gasteiger partial charge is 0.508 e. The van der Waals surface area contributed by atoms with Gasteiger partial charge in [-0.25, -0.2) is 0 Å². The predicted molar refractivity (Wildman–Crippen MR) is 83.8 cm³/mol. The number of aromatic hydroxyl groups is 1. The molecule has 1 heterocycles. The fourth-order valence-corrected chi connectivity index (χ4v) is 1.97. The molecular formula is C16H28N2O2. The van der Waals surface area contributed by atoms with Crippen molar-refractivity contribution in [1.82, 2.24) is 10.2 Å². The highest BCUT2D eigenvalue weighted by Gasteiger charge is 2.21. The zero-order valence-corrected chi connectivity index (χ0v) is 13.3. The minimum absolute atomic E-state index is 0.116. The summed E-state index contributed by atoms with van der Waals surface area (Å²) in [4.78, 5) is 13.1. The van der Waals surface area contributed by atoms with Gasteiger partial charge in [0.2, 0.25) is 5.91 Å². The van der Waals surface area contributed by atoms with Crippen LogP contribution < -0.4 is 5.32 Å². The summed E-state index contributed by atoms with van der Waals surface area (Å²) in [6.45, 7) is 11.9. The highest BCUT2D eigenvalue weighted by Crippen LogP contribution is 2.19. The van der Waals surface area contributed by atoms with Crippen molar-refractivity contribution in [3.63, 3.8) is 0 Å². The summed E-state index contributed by atoms with van der Waals surface area (Å²) < 4.78 is 0. The molecule has 20 heavy (non-hydrogen) atoms. The highest BCUT2D eigenvalue weighted by atomic mass is 16.3. The second kappa shape index (κ2) is 10.3. The molecule has 2 rings (SSSR count). The van der Waals surface area contributed by atoms with Crippen molar-refractivity contribution < 1.29 is 9.90 Å². The smallest absolute Gasteiger partial charge is 0.219 e. The molecule has 114 valence electrons. The molecule has 0 radical (unpaired) electrons. The zero-order valence-electron chi connectivity index (χ0n) is 13.3. The second-order valence-electron chi connectivity index (χ2n) is 4.06. The van der Waals surface area contributed by atoms with E-state index in [-0.39, 0.29) is 17.7 Å². The van der Waals surface area contributed by atoms with E-state index in [2.05, 4.69) is 5.32 Å². The third kappa shape index (κ3) is 5.61. The Kier molecular flexibility index (Phi) is 9.47. The molecule has 1 saturated heterocycles. The van der Waals surface area contributed by atoms with Crippen molar-refractivity contribution in [3.05, 3.63) is 29.8 Å². The summed E-state index contributed by atoms with van der Waals surface area (Å²) in [6, 6.07) is 7.28. The lowest BCUT2D eigenvalue weighted by Crippen LogP contribution is -2.47. The number of carbonyl (C=O) groups is 1. The van der Waals surface area contributed by atoms with E-state index < -0.39 is 0 Å². The highest BCUT2D eigenvalue weighted by molar-refractivity contribution is 5.73. The van der Waals surface area contributed by atoms with Crippen LogP contribution in [0.2, 0.25) is 0 Å². The Bertz CT molecular complexity index is 377. The molecule has 1 aromatic carbocycles. The molecule has 4 heteroatoms. The summed E-state index contributed by atoms with van der Waals surface area (Å²) >= 11 is 0. The number of hydrogen-bond donors (Lipinski definition) is 2. The van der Waals surface area contributed by atoms with Crippen molar-refractivity contribution in [1.29, 1.82) is 0 Å². The van der Waals surface area contributed by atoms with Crippen LogP contribution in [0, 0.1) is 0 Å². The summed E-state index contributed by atoms with van der Waals surface area (Å²) in [6.07, 6.45) is 0. The maximum Gasteiger partial charge on any atom is 0.219 e. The number of hydrogen-bond acceptors (Lipinski definition) is 3. The van der Waals surface area contributed by atoms with Crippen molar-refractivity contribution in [2.24, 2.45) is 0 Å². The van der Waals surface area contributed by atoms with Gasteiger partial charge in [0.1, 0.15) is 5.75 Å². The molecule has 1 amide bonds. The minimum atomic E-state index is 0.116. The van der Waals surface area contributed by atoms with Crippen LogP contribution in [0.1, 0.15) is 46.2 Å². The molecule has 2 N–H and O–H groups in total. The minimum Gasteiger partial charge on any atom is -0.508 e. The molecule has 1 fully saturated rings. The van der Waals surface area contributed by atoms with Gasteiger partial charge in [-0.2, -0.15) is 0 Å². The number of nitrogens with zero attached hydrogens (tertiary/aromatic N) is 1. The van der Waals surface area contributed by atoms with Crippen LogP contribution in [-0.2, 0) is 4.79 Å². The van der Waals surface area contributed by atoms with Gasteiger partial charge in [0, 0.05) is 32.6 Å². The molecule has 0 saturated carbocycles. The van der Waals surface area contributed by atoms with Crippen LogP contribution in [0.3, 0.4) is 0 Å². The first-order valence-corrected chi connectivity index (χ1v) is 7.44. The molecule has 1 aliphatic rings.